The maximum absolute atomic E-state index is 5.68. The van der Waals surface area contributed by atoms with E-state index in [1.807, 2.05) is 6.07 Å². The average Bonchev–Trinajstić information content (AvgIpc) is 2.89. The summed E-state index contributed by atoms with van der Waals surface area (Å²) in [5.41, 5.74) is 7.69. The Morgan fingerprint density at radius 2 is 2.24 bits per heavy atom. The number of nitrogens with two attached hydrogens (primary N) is 1. The summed E-state index contributed by atoms with van der Waals surface area (Å²) >= 11 is 0. The number of fused-ring (bicyclic) bond motifs is 1. The third kappa shape index (κ3) is 3.09. The highest BCUT2D eigenvalue weighted by Crippen LogP contribution is 2.22. The van der Waals surface area contributed by atoms with Gasteiger partial charge in [0.25, 0.3) is 0 Å². The summed E-state index contributed by atoms with van der Waals surface area (Å²) in [4.78, 5) is 2.57. The number of rotatable bonds is 4. The third-order valence-corrected chi connectivity index (χ3v) is 4.53. The van der Waals surface area contributed by atoms with Gasteiger partial charge in [0.05, 0.1) is 0 Å². The van der Waals surface area contributed by atoms with Gasteiger partial charge in [0, 0.05) is 31.7 Å². The number of piperidine rings is 1. The molecule has 1 atom stereocenters. The van der Waals surface area contributed by atoms with E-state index in [4.69, 9.17) is 5.73 Å². The minimum Gasteiger partial charge on any atom is -0.326 e. The molecule has 0 radical (unpaired) electrons. The van der Waals surface area contributed by atoms with E-state index in [2.05, 4.69) is 45.6 Å². The topological polar surface area (TPSA) is 59.5 Å². The lowest BCUT2D eigenvalue weighted by Crippen LogP contribution is -2.40. The summed E-state index contributed by atoms with van der Waals surface area (Å²) < 4.78 is 2.10. The van der Waals surface area contributed by atoms with Crippen molar-refractivity contribution in [3.8, 4) is 0 Å². The number of pyridine rings is 1. The molecule has 2 N–H and O–H groups in total. The predicted molar refractivity (Wildman–Crippen MR) is 84.0 cm³/mol. The van der Waals surface area contributed by atoms with Crippen LogP contribution in [0.4, 0.5) is 0 Å². The van der Waals surface area contributed by atoms with E-state index in [0.717, 1.165) is 23.5 Å². The number of hydrogen-bond donors (Lipinski definition) is 1. The minimum atomic E-state index is 0.546. The van der Waals surface area contributed by atoms with Gasteiger partial charge in [-0.05, 0) is 56.8 Å². The van der Waals surface area contributed by atoms with Crippen LogP contribution in [0, 0.1) is 5.92 Å². The first kappa shape index (κ1) is 14.5. The lowest BCUT2D eigenvalue weighted by Gasteiger charge is -2.35. The largest absolute Gasteiger partial charge is 0.326 e. The van der Waals surface area contributed by atoms with Crippen molar-refractivity contribution < 1.29 is 0 Å². The van der Waals surface area contributed by atoms with Crippen molar-refractivity contribution in [2.45, 2.75) is 45.7 Å². The number of nitrogens with zero attached hydrogens (tertiary/aromatic N) is 4. The number of hydrogen-bond acceptors (Lipinski definition) is 4. The zero-order valence-corrected chi connectivity index (χ0v) is 13.0. The maximum Gasteiger partial charge on any atom is 0.161 e. The van der Waals surface area contributed by atoms with Crippen LogP contribution in [0.3, 0.4) is 0 Å². The fourth-order valence-electron chi connectivity index (χ4n) is 3.24. The molecule has 21 heavy (non-hydrogen) atoms. The Labute approximate surface area is 126 Å². The van der Waals surface area contributed by atoms with Gasteiger partial charge in [0.15, 0.2) is 5.65 Å². The van der Waals surface area contributed by atoms with Crippen molar-refractivity contribution in [1.82, 2.24) is 19.5 Å². The van der Waals surface area contributed by atoms with E-state index in [9.17, 15) is 0 Å². The molecule has 1 saturated heterocycles. The zero-order chi connectivity index (χ0) is 14.8. The van der Waals surface area contributed by atoms with Crippen LogP contribution in [-0.4, -0.2) is 38.6 Å². The highest BCUT2D eigenvalue weighted by Gasteiger charge is 2.23. The molecule has 2 aromatic heterocycles. The summed E-state index contributed by atoms with van der Waals surface area (Å²) in [5, 5.41) is 8.68. The molecule has 3 rings (SSSR count). The molecule has 0 aliphatic carbocycles. The molecule has 5 heteroatoms. The van der Waals surface area contributed by atoms with Crippen molar-refractivity contribution in [1.29, 1.82) is 0 Å². The molecule has 1 fully saturated rings. The van der Waals surface area contributed by atoms with Crippen molar-refractivity contribution in [3.05, 3.63) is 29.7 Å². The first-order valence-corrected chi connectivity index (χ1v) is 7.94. The van der Waals surface area contributed by atoms with Gasteiger partial charge < -0.3 is 10.6 Å². The Hall–Kier alpha value is -1.46. The fourth-order valence-corrected chi connectivity index (χ4v) is 3.24. The van der Waals surface area contributed by atoms with Crippen molar-refractivity contribution >= 4 is 5.65 Å². The molecule has 3 heterocycles. The molecule has 0 saturated carbocycles. The van der Waals surface area contributed by atoms with E-state index in [1.165, 1.54) is 25.9 Å². The fraction of sp³-hybridized carbons (Fsp3) is 0.625. The molecule has 0 aromatic carbocycles. The molecule has 2 aromatic rings. The molecule has 0 amide bonds. The van der Waals surface area contributed by atoms with Crippen LogP contribution < -0.4 is 5.73 Å². The highest BCUT2D eigenvalue weighted by atomic mass is 15.2. The Balaban J connectivity index is 1.75. The van der Waals surface area contributed by atoms with Crippen molar-refractivity contribution in [3.63, 3.8) is 0 Å². The molecular weight excluding hydrogens is 262 g/mol. The molecule has 1 unspecified atom stereocenters. The molecule has 1 aliphatic heterocycles. The molecule has 0 bridgehead atoms. The minimum absolute atomic E-state index is 0.546. The third-order valence-electron chi connectivity index (χ3n) is 4.53. The van der Waals surface area contributed by atoms with E-state index < -0.39 is 0 Å². The summed E-state index contributed by atoms with van der Waals surface area (Å²) in [6, 6.07) is 4.72. The van der Waals surface area contributed by atoms with Crippen LogP contribution in [0.15, 0.2) is 18.3 Å². The summed E-state index contributed by atoms with van der Waals surface area (Å²) in [6.45, 7) is 7.51. The molecular formula is C16H25N5. The smallest absolute Gasteiger partial charge is 0.161 e. The summed E-state index contributed by atoms with van der Waals surface area (Å²) in [6.07, 6.45) is 5.64. The zero-order valence-electron chi connectivity index (χ0n) is 13.0. The SMILES string of the molecule is CC(C)N1CCCC(Cc2nnc3cc(CN)ccn23)C1. The maximum atomic E-state index is 5.68. The first-order valence-electron chi connectivity index (χ1n) is 7.94. The van der Waals surface area contributed by atoms with Crippen LogP contribution in [-0.2, 0) is 13.0 Å². The van der Waals surface area contributed by atoms with Gasteiger partial charge in [0.1, 0.15) is 5.82 Å². The summed E-state index contributed by atoms with van der Waals surface area (Å²) in [7, 11) is 0. The van der Waals surface area contributed by atoms with Gasteiger partial charge in [-0.3, -0.25) is 4.40 Å². The summed E-state index contributed by atoms with van der Waals surface area (Å²) in [5.74, 6) is 1.76. The van der Waals surface area contributed by atoms with Crippen LogP contribution >= 0.6 is 0 Å². The van der Waals surface area contributed by atoms with Gasteiger partial charge in [-0.1, -0.05) is 0 Å². The Morgan fingerprint density at radius 3 is 3.00 bits per heavy atom. The van der Waals surface area contributed by atoms with Gasteiger partial charge in [-0.15, -0.1) is 10.2 Å². The lowest BCUT2D eigenvalue weighted by atomic mass is 9.93. The number of aromatic nitrogens is 3. The van der Waals surface area contributed by atoms with Crippen molar-refractivity contribution in [2.75, 3.05) is 13.1 Å². The van der Waals surface area contributed by atoms with Gasteiger partial charge in [-0.25, -0.2) is 0 Å². The van der Waals surface area contributed by atoms with E-state index in [1.54, 1.807) is 0 Å². The average molecular weight is 287 g/mol. The molecule has 5 nitrogen and oxygen atoms in total. The van der Waals surface area contributed by atoms with E-state index >= 15 is 0 Å². The van der Waals surface area contributed by atoms with E-state index in [0.29, 0.717) is 18.5 Å². The van der Waals surface area contributed by atoms with Gasteiger partial charge in [0.2, 0.25) is 0 Å². The standard InChI is InChI=1S/C16H25N5/c1-12(2)20-6-3-4-14(11-20)9-16-19-18-15-8-13(10-17)5-7-21(15)16/h5,7-8,12,14H,3-4,6,9-11,17H2,1-2H3. The normalized spacial score (nSPS) is 20.5. The molecule has 0 spiro atoms. The second kappa shape index (κ2) is 6.12. The second-order valence-electron chi connectivity index (χ2n) is 6.38. The van der Waals surface area contributed by atoms with E-state index in [-0.39, 0.29) is 0 Å². The number of likely N-dealkylation sites (tertiary alicyclic amines) is 1. The molecule has 1 aliphatic rings. The van der Waals surface area contributed by atoms with Crippen LogP contribution in [0.5, 0.6) is 0 Å². The quantitative estimate of drug-likeness (QED) is 0.932. The van der Waals surface area contributed by atoms with Gasteiger partial charge in [-0.2, -0.15) is 0 Å². The Bertz CT molecular complexity index is 604. The monoisotopic (exact) mass is 287 g/mol. The van der Waals surface area contributed by atoms with Crippen LogP contribution in [0.2, 0.25) is 0 Å². The molecule has 114 valence electrons. The first-order chi connectivity index (χ1) is 10.2. The Morgan fingerprint density at radius 1 is 1.38 bits per heavy atom. The van der Waals surface area contributed by atoms with Crippen LogP contribution in [0.1, 0.15) is 38.1 Å². The van der Waals surface area contributed by atoms with Crippen molar-refractivity contribution in [2.24, 2.45) is 11.7 Å². The Kier molecular flexibility index (Phi) is 4.22. The lowest BCUT2D eigenvalue weighted by molar-refractivity contribution is 0.138. The second-order valence-corrected chi connectivity index (χ2v) is 6.38. The highest BCUT2D eigenvalue weighted by molar-refractivity contribution is 5.41. The van der Waals surface area contributed by atoms with Gasteiger partial charge >= 0.3 is 0 Å². The van der Waals surface area contributed by atoms with Crippen LogP contribution in [0.25, 0.3) is 5.65 Å². The predicted octanol–water partition coefficient (Wildman–Crippen LogP) is 1.85.